The molecule has 0 saturated heterocycles. The lowest BCUT2D eigenvalue weighted by atomic mass is 9.51. The number of hydrogen-bond donors (Lipinski definition) is 0. The van der Waals surface area contributed by atoms with E-state index in [4.69, 9.17) is 0 Å². The van der Waals surface area contributed by atoms with Crippen LogP contribution in [0.1, 0.15) is 42.8 Å². The van der Waals surface area contributed by atoms with Crippen molar-refractivity contribution in [1.82, 2.24) is 4.98 Å². The lowest BCUT2D eigenvalue weighted by Crippen LogP contribution is -2.44. The third-order valence-corrected chi connectivity index (χ3v) is 6.18. The molecule has 4 aliphatic rings. The van der Waals surface area contributed by atoms with Gasteiger partial charge in [0.15, 0.2) is 0 Å². The molecular formula is C15H20NS. The molecule has 17 heavy (non-hydrogen) atoms. The molecule has 91 valence electrons. The Morgan fingerprint density at radius 3 is 2.59 bits per heavy atom. The minimum atomic E-state index is 0.897. The van der Waals surface area contributed by atoms with E-state index in [1.807, 2.05) is 17.3 Å². The molecule has 4 bridgehead atoms. The highest BCUT2D eigenvalue weighted by Gasteiger charge is 2.48. The van der Waals surface area contributed by atoms with Gasteiger partial charge in [-0.05, 0) is 68.6 Å². The van der Waals surface area contributed by atoms with E-state index in [0.717, 1.165) is 23.7 Å². The van der Waals surface area contributed by atoms with Crippen LogP contribution in [0.5, 0.6) is 0 Å². The van der Waals surface area contributed by atoms with Gasteiger partial charge in [-0.25, -0.2) is 4.98 Å². The van der Waals surface area contributed by atoms with Gasteiger partial charge in [0.2, 0.25) is 0 Å². The first-order valence-electron chi connectivity index (χ1n) is 7.03. The Morgan fingerprint density at radius 2 is 2.00 bits per heavy atom. The molecule has 4 fully saturated rings. The second-order valence-electron chi connectivity index (χ2n) is 6.46. The van der Waals surface area contributed by atoms with Crippen molar-refractivity contribution >= 4 is 11.3 Å². The van der Waals surface area contributed by atoms with Gasteiger partial charge in [0.05, 0.1) is 5.01 Å². The van der Waals surface area contributed by atoms with E-state index in [1.165, 1.54) is 42.8 Å². The van der Waals surface area contributed by atoms with Gasteiger partial charge in [-0.1, -0.05) is 0 Å². The predicted octanol–water partition coefficient (Wildman–Crippen LogP) is 4.02. The Kier molecular flexibility index (Phi) is 2.36. The summed E-state index contributed by atoms with van der Waals surface area (Å²) < 4.78 is 0. The Labute approximate surface area is 108 Å². The number of thiazole rings is 1. The van der Waals surface area contributed by atoms with E-state index >= 15 is 0 Å². The third-order valence-electron chi connectivity index (χ3n) is 5.20. The summed E-state index contributed by atoms with van der Waals surface area (Å²) in [4.78, 5) is 4.67. The molecule has 0 spiro atoms. The average molecular weight is 246 g/mol. The lowest BCUT2D eigenvalue weighted by molar-refractivity contribution is 0.0425. The zero-order valence-corrected chi connectivity index (χ0v) is 11.3. The molecule has 0 aliphatic heterocycles. The van der Waals surface area contributed by atoms with Crippen molar-refractivity contribution in [1.29, 1.82) is 0 Å². The van der Waals surface area contributed by atoms with E-state index < -0.39 is 0 Å². The zero-order valence-electron chi connectivity index (χ0n) is 10.5. The summed E-state index contributed by atoms with van der Waals surface area (Å²) in [5, 5.41) is 3.59. The zero-order chi connectivity index (χ0) is 11.4. The van der Waals surface area contributed by atoms with Gasteiger partial charge in [0.1, 0.15) is 0 Å². The molecule has 4 saturated carbocycles. The van der Waals surface area contributed by atoms with Gasteiger partial charge in [0, 0.05) is 17.5 Å². The van der Waals surface area contributed by atoms with Crippen LogP contribution in [0.15, 0.2) is 5.38 Å². The van der Waals surface area contributed by atoms with E-state index in [2.05, 4.69) is 17.3 Å². The van der Waals surface area contributed by atoms with Crippen LogP contribution < -0.4 is 0 Å². The lowest BCUT2D eigenvalue weighted by Gasteiger charge is -2.54. The van der Waals surface area contributed by atoms with Crippen LogP contribution in [-0.2, 0) is 6.42 Å². The van der Waals surface area contributed by atoms with Crippen LogP contribution in [-0.4, -0.2) is 4.98 Å². The van der Waals surface area contributed by atoms with Gasteiger partial charge in [-0.15, -0.1) is 11.3 Å². The number of aryl methyl sites for hydroxylation is 1. The molecule has 3 atom stereocenters. The van der Waals surface area contributed by atoms with Crippen LogP contribution in [0.2, 0.25) is 0 Å². The highest BCUT2D eigenvalue weighted by Crippen LogP contribution is 2.58. The van der Waals surface area contributed by atoms with Gasteiger partial charge in [-0.2, -0.15) is 0 Å². The first-order valence-corrected chi connectivity index (χ1v) is 7.91. The molecule has 4 aliphatic carbocycles. The molecule has 1 radical (unpaired) electrons. The van der Waals surface area contributed by atoms with Crippen LogP contribution >= 0.6 is 11.3 Å². The summed E-state index contributed by atoms with van der Waals surface area (Å²) in [7, 11) is 0. The molecule has 0 N–H and O–H groups in total. The Bertz CT molecular complexity index is 394. The van der Waals surface area contributed by atoms with Gasteiger partial charge < -0.3 is 0 Å². The Hall–Kier alpha value is -0.370. The second kappa shape index (κ2) is 3.81. The molecule has 0 aromatic carbocycles. The maximum absolute atomic E-state index is 4.67. The Morgan fingerprint density at radius 1 is 1.24 bits per heavy atom. The summed E-state index contributed by atoms with van der Waals surface area (Å²) in [5.74, 6) is 5.96. The number of hydrogen-bond acceptors (Lipinski definition) is 2. The van der Waals surface area contributed by atoms with Crippen molar-refractivity contribution in [2.75, 3.05) is 0 Å². The maximum Gasteiger partial charge on any atom is 0.0931 e. The van der Waals surface area contributed by atoms with E-state index in [0.29, 0.717) is 0 Å². The maximum atomic E-state index is 4.67. The Balaban J connectivity index is 1.54. The quantitative estimate of drug-likeness (QED) is 0.768. The van der Waals surface area contributed by atoms with Crippen LogP contribution in [0.3, 0.4) is 0 Å². The van der Waals surface area contributed by atoms with Crippen molar-refractivity contribution in [3.05, 3.63) is 22.0 Å². The van der Waals surface area contributed by atoms with Crippen LogP contribution in [0.4, 0.5) is 0 Å². The number of rotatable bonds is 2. The summed E-state index contributed by atoms with van der Waals surface area (Å²) >= 11 is 1.87. The fourth-order valence-corrected chi connectivity index (χ4v) is 5.57. The minimum absolute atomic E-state index is 0.897. The van der Waals surface area contributed by atoms with E-state index in [9.17, 15) is 0 Å². The number of nitrogens with zero attached hydrogens (tertiary/aromatic N) is 1. The molecule has 0 amide bonds. The fourth-order valence-electron chi connectivity index (χ4n) is 4.73. The van der Waals surface area contributed by atoms with Crippen molar-refractivity contribution < 1.29 is 0 Å². The van der Waals surface area contributed by atoms with Crippen LogP contribution in [0.25, 0.3) is 0 Å². The smallest absolute Gasteiger partial charge is 0.0931 e. The van der Waals surface area contributed by atoms with Gasteiger partial charge >= 0.3 is 0 Å². The van der Waals surface area contributed by atoms with Crippen molar-refractivity contribution in [3.8, 4) is 0 Å². The van der Waals surface area contributed by atoms with Gasteiger partial charge in [0.25, 0.3) is 0 Å². The summed E-state index contributed by atoms with van der Waals surface area (Å²) in [5.41, 5.74) is 1.21. The number of aromatic nitrogens is 1. The molecule has 5 rings (SSSR count). The molecule has 1 heterocycles. The topological polar surface area (TPSA) is 12.9 Å². The molecule has 1 nitrogen and oxygen atoms in total. The molecule has 2 heteroatoms. The fraction of sp³-hybridized carbons (Fsp3) is 0.733. The normalized spacial score (nSPS) is 40.1. The van der Waals surface area contributed by atoms with Crippen molar-refractivity contribution in [2.24, 2.45) is 23.7 Å². The highest BCUT2D eigenvalue weighted by molar-refractivity contribution is 7.09. The standard InChI is InChI=1S/C15H20NS/c1-9-8-17-15(16-9)7-14-12-3-10-2-11(5-12)6-13(14)4-10/h8,10-12,14H,2-7H2,1H3. The molecule has 1 aromatic heterocycles. The summed E-state index contributed by atoms with van der Waals surface area (Å²) in [6.07, 6.45) is 8.76. The van der Waals surface area contributed by atoms with Crippen molar-refractivity contribution in [2.45, 2.75) is 45.4 Å². The van der Waals surface area contributed by atoms with E-state index in [-0.39, 0.29) is 0 Å². The van der Waals surface area contributed by atoms with Crippen LogP contribution in [0, 0.1) is 36.5 Å². The SMILES string of the molecule is Cc1csc(CC2[C]3CC4CC(C3)CC2C4)n1. The minimum Gasteiger partial charge on any atom is -0.247 e. The second-order valence-corrected chi connectivity index (χ2v) is 7.40. The largest absolute Gasteiger partial charge is 0.247 e. The summed E-state index contributed by atoms with van der Waals surface area (Å²) in [6, 6.07) is 0. The molecule has 1 aromatic rings. The first-order chi connectivity index (χ1) is 8.28. The summed E-state index contributed by atoms with van der Waals surface area (Å²) in [6.45, 7) is 2.12. The molecule has 3 unspecified atom stereocenters. The average Bonchev–Trinajstić information content (AvgIpc) is 2.68. The highest BCUT2D eigenvalue weighted by atomic mass is 32.1. The van der Waals surface area contributed by atoms with Crippen molar-refractivity contribution in [3.63, 3.8) is 0 Å². The first kappa shape index (κ1) is 10.5. The van der Waals surface area contributed by atoms with E-state index in [1.54, 1.807) is 6.42 Å². The van der Waals surface area contributed by atoms with Gasteiger partial charge in [-0.3, -0.25) is 0 Å². The third kappa shape index (κ3) is 1.76. The molecular weight excluding hydrogens is 226 g/mol. The predicted molar refractivity (Wildman–Crippen MR) is 70.8 cm³/mol. The monoisotopic (exact) mass is 246 g/mol.